The third kappa shape index (κ3) is 3.80. The molecule has 4 nitrogen and oxygen atoms in total. The molecular weight excluding hydrogens is 370 g/mol. The Morgan fingerprint density at radius 3 is 2.46 bits per heavy atom. The van der Waals surface area contributed by atoms with Crippen LogP contribution in [0.15, 0.2) is 71.6 Å². The summed E-state index contributed by atoms with van der Waals surface area (Å²) in [6, 6.07) is 21.5. The summed E-state index contributed by atoms with van der Waals surface area (Å²) in [5, 5.41) is 1.99. The van der Waals surface area contributed by atoms with Gasteiger partial charge in [0.15, 0.2) is 0 Å². The Morgan fingerprint density at radius 1 is 0.964 bits per heavy atom. The summed E-state index contributed by atoms with van der Waals surface area (Å²) < 4.78 is 5.43. The Labute approximate surface area is 167 Å². The second-order valence-corrected chi connectivity index (χ2v) is 7.44. The maximum absolute atomic E-state index is 12.7. The van der Waals surface area contributed by atoms with E-state index in [1.165, 1.54) is 4.90 Å². The Morgan fingerprint density at radius 2 is 1.71 bits per heavy atom. The second kappa shape index (κ2) is 7.90. The predicted molar refractivity (Wildman–Crippen MR) is 113 cm³/mol. The van der Waals surface area contributed by atoms with Crippen LogP contribution in [0, 0.1) is 0 Å². The molecule has 3 aromatic carbocycles. The number of fused-ring (bicyclic) bond motifs is 1. The van der Waals surface area contributed by atoms with Gasteiger partial charge in [0.25, 0.3) is 11.1 Å². The van der Waals surface area contributed by atoms with Crippen molar-refractivity contribution in [1.82, 2.24) is 4.90 Å². The number of hydrogen-bond donors (Lipinski definition) is 0. The van der Waals surface area contributed by atoms with E-state index in [2.05, 4.69) is 0 Å². The lowest BCUT2D eigenvalue weighted by molar-refractivity contribution is -0.123. The van der Waals surface area contributed by atoms with Gasteiger partial charge >= 0.3 is 0 Å². The average Bonchev–Trinajstić information content (AvgIpc) is 2.97. The number of amides is 2. The number of carbonyl (C=O) groups is 2. The molecule has 5 heteroatoms. The van der Waals surface area contributed by atoms with Gasteiger partial charge in [-0.05, 0) is 64.9 Å². The molecule has 0 bridgehead atoms. The zero-order chi connectivity index (χ0) is 19.5. The fourth-order valence-electron chi connectivity index (χ4n) is 3.13. The number of rotatable bonds is 5. The van der Waals surface area contributed by atoms with Gasteiger partial charge in [0.1, 0.15) is 5.75 Å². The fraction of sp³-hybridized carbons (Fsp3) is 0.130. The fourth-order valence-corrected chi connectivity index (χ4v) is 3.97. The molecule has 0 spiro atoms. The predicted octanol–water partition coefficient (Wildman–Crippen LogP) is 5.48. The van der Waals surface area contributed by atoms with Crippen molar-refractivity contribution in [3.8, 4) is 5.75 Å². The van der Waals surface area contributed by atoms with Crippen molar-refractivity contribution in [2.45, 2.75) is 13.5 Å². The minimum Gasteiger partial charge on any atom is -0.494 e. The maximum Gasteiger partial charge on any atom is 0.293 e. The summed E-state index contributed by atoms with van der Waals surface area (Å²) >= 11 is 0.981. The highest BCUT2D eigenvalue weighted by molar-refractivity contribution is 8.18. The molecule has 0 aliphatic carbocycles. The van der Waals surface area contributed by atoms with E-state index in [1.807, 2.05) is 73.7 Å². The summed E-state index contributed by atoms with van der Waals surface area (Å²) in [6.45, 7) is 2.81. The van der Waals surface area contributed by atoms with Gasteiger partial charge in [0.05, 0.1) is 18.1 Å². The van der Waals surface area contributed by atoms with E-state index >= 15 is 0 Å². The third-order valence-electron chi connectivity index (χ3n) is 4.52. The van der Waals surface area contributed by atoms with E-state index in [0.29, 0.717) is 11.5 Å². The van der Waals surface area contributed by atoms with Gasteiger partial charge in [-0.1, -0.05) is 48.5 Å². The van der Waals surface area contributed by atoms with E-state index in [0.717, 1.165) is 39.4 Å². The number of thioether (sulfide) groups is 1. The summed E-state index contributed by atoms with van der Waals surface area (Å²) in [7, 11) is 0. The van der Waals surface area contributed by atoms with Gasteiger partial charge in [-0.25, -0.2) is 0 Å². The Balaban J connectivity index is 1.52. The van der Waals surface area contributed by atoms with Gasteiger partial charge in [-0.2, -0.15) is 0 Å². The first-order valence-electron chi connectivity index (χ1n) is 9.10. The van der Waals surface area contributed by atoms with Gasteiger partial charge in [0, 0.05) is 0 Å². The van der Waals surface area contributed by atoms with Gasteiger partial charge in [-0.3, -0.25) is 14.5 Å². The normalized spacial score (nSPS) is 15.6. The lowest BCUT2D eigenvalue weighted by Gasteiger charge is -2.13. The highest BCUT2D eigenvalue weighted by Gasteiger charge is 2.34. The van der Waals surface area contributed by atoms with Crippen LogP contribution in [0.1, 0.15) is 18.1 Å². The highest BCUT2D eigenvalue weighted by atomic mass is 32.2. The Kier molecular flexibility index (Phi) is 5.17. The molecular formula is C23H19NO3S. The van der Waals surface area contributed by atoms with Crippen LogP contribution >= 0.6 is 11.8 Å². The molecule has 0 N–H and O–H groups in total. The number of benzene rings is 3. The largest absolute Gasteiger partial charge is 0.494 e. The molecule has 1 aliphatic rings. The van der Waals surface area contributed by atoms with Gasteiger partial charge in [0.2, 0.25) is 0 Å². The Bertz CT molecular complexity index is 1070. The minimum absolute atomic E-state index is 0.240. The summed E-state index contributed by atoms with van der Waals surface area (Å²) in [5.41, 5.74) is 1.79. The molecule has 3 aromatic rings. The van der Waals surface area contributed by atoms with E-state index in [4.69, 9.17) is 4.74 Å². The SMILES string of the molecule is CCOc1ccc(C=C2SC(=O)N(Cc3ccc4ccccc4c3)C2=O)cc1. The molecule has 28 heavy (non-hydrogen) atoms. The minimum atomic E-state index is -0.253. The van der Waals surface area contributed by atoms with Gasteiger partial charge in [-0.15, -0.1) is 0 Å². The number of ether oxygens (including phenoxy) is 1. The first-order valence-corrected chi connectivity index (χ1v) is 9.91. The molecule has 0 aromatic heterocycles. The lowest BCUT2D eigenvalue weighted by atomic mass is 10.1. The molecule has 0 atom stereocenters. The van der Waals surface area contributed by atoms with Crippen molar-refractivity contribution in [2.75, 3.05) is 6.61 Å². The number of carbonyl (C=O) groups excluding carboxylic acids is 2. The van der Waals surface area contributed by atoms with Crippen LogP contribution in [0.5, 0.6) is 5.75 Å². The lowest BCUT2D eigenvalue weighted by Crippen LogP contribution is -2.27. The molecule has 1 heterocycles. The van der Waals surface area contributed by atoms with Crippen LogP contribution in [0.25, 0.3) is 16.8 Å². The molecule has 1 saturated heterocycles. The molecule has 2 amide bonds. The molecule has 1 fully saturated rings. The maximum atomic E-state index is 12.7. The zero-order valence-electron chi connectivity index (χ0n) is 15.4. The number of nitrogens with zero attached hydrogens (tertiary/aromatic N) is 1. The van der Waals surface area contributed by atoms with E-state index in [-0.39, 0.29) is 17.7 Å². The smallest absolute Gasteiger partial charge is 0.293 e. The average molecular weight is 389 g/mol. The Hall–Kier alpha value is -3.05. The topological polar surface area (TPSA) is 46.6 Å². The molecule has 4 rings (SSSR count). The van der Waals surface area contributed by atoms with Crippen LogP contribution in [-0.2, 0) is 11.3 Å². The van der Waals surface area contributed by atoms with Crippen molar-refractivity contribution < 1.29 is 14.3 Å². The first kappa shape index (κ1) is 18.3. The van der Waals surface area contributed by atoms with Crippen molar-refractivity contribution in [1.29, 1.82) is 0 Å². The van der Waals surface area contributed by atoms with Crippen molar-refractivity contribution in [3.63, 3.8) is 0 Å². The van der Waals surface area contributed by atoms with Crippen LogP contribution in [-0.4, -0.2) is 22.7 Å². The number of hydrogen-bond acceptors (Lipinski definition) is 4. The van der Waals surface area contributed by atoms with E-state index in [1.54, 1.807) is 6.08 Å². The summed E-state index contributed by atoms with van der Waals surface area (Å²) in [5.74, 6) is 0.529. The second-order valence-electron chi connectivity index (χ2n) is 6.45. The van der Waals surface area contributed by atoms with E-state index < -0.39 is 0 Å². The standard InChI is InChI=1S/C23H19NO3S/c1-2-27-20-11-8-16(9-12-20)14-21-22(25)24(23(26)28-21)15-17-7-10-18-5-3-4-6-19(18)13-17/h3-14H,2,15H2,1H3. The van der Waals surface area contributed by atoms with Crippen molar-refractivity contribution in [2.24, 2.45) is 0 Å². The van der Waals surface area contributed by atoms with Crippen LogP contribution in [0.3, 0.4) is 0 Å². The molecule has 1 aliphatic heterocycles. The quantitative estimate of drug-likeness (QED) is 0.543. The van der Waals surface area contributed by atoms with E-state index in [9.17, 15) is 9.59 Å². The number of imide groups is 1. The molecule has 0 radical (unpaired) electrons. The van der Waals surface area contributed by atoms with Crippen LogP contribution in [0.4, 0.5) is 4.79 Å². The van der Waals surface area contributed by atoms with Crippen molar-refractivity contribution >= 4 is 39.8 Å². The zero-order valence-corrected chi connectivity index (χ0v) is 16.2. The third-order valence-corrected chi connectivity index (χ3v) is 5.42. The highest BCUT2D eigenvalue weighted by Crippen LogP contribution is 2.33. The molecule has 0 saturated carbocycles. The monoisotopic (exact) mass is 389 g/mol. The summed E-state index contributed by atoms with van der Waals surface area (Å²) in [6.07, 6.45) is 1.75. The molecule has 140 valence electrons. The van der Waals surface area contributed by atoms with Crippen LogP contribution < -0.4 is 4.74 Å². The first-order chi connectivity index (χ1) is 13.6. The van der Waals surface area contributed by atoms with Crippen molar-refractivity contribution in [3.05, 3.63) is 82.8 Å². The van der Waals surface area contributed by atoms with Crippen LogP contribution in [0.2, 0.25) is 0 Å². The summed E-state index contributed by atoms with van der Waals surface area (Å²) in [4.78, 5) is 26.9. The molecule has 0 unspecified atom stereocenters. The van der Waals surface area contributed by atoms with Gasteiger partial charge < -0.3 is 4.74 Å².